The van der Waals surface area contributed by atoms with E-state index in [0.717, 1.165) is 43.3 Å². The first-order valence-electron chi connectivity index (χ1n) is 13.6. The predicted octanol–water partition coefficient (Wildman–Crippen LogP) is 7.81. The predicted molar refractivity (Wildman–Crippen MR) is 163 cm³/mol. The smallest absolute Gasteiger partial charge is 0.365 e. The molecule has 6 rings (SSSR count). The van der Waals surface area contributed by atoms with Gasteiger partial charge in [-0.3, -0.25) is 9.78 Å². The molecule has 4 aromatic heterocycles. The molecule has 0 aliphatic rings. The fraction of sp³-hybridized carbons (Fsp3) is 0.188. The summed E-state index contributed by atoms with van der Waals surface area (Å²) in [5.74, 6) is -1.11. The molecule has 2 aromatic carbocycles. The van der Waals surface area contributed by atoms with Gasteiger partial charge in [0.2, 0.25) is 0 Å². The summed E-state index contributed by atoms with van der Waals surface area (Å²) < 4.78 is 56.3. The number of nitrogens with one attached hydrogen (secondary N) is 2. The number of nitrogens with zero attached hydrogens (tertiary/aromatic N) is 4. The molecule has 2 N–H and O–H groups in total. The van der Waals surface area contributed by atoms with Gasteiger partial charge in [-0.2, -0.15) is 13.2 Å². The number of carbonyl (C=O) groups is 1. The summed E-state index contributed by atoms with van der Waals surface area (Å²) in [6, 6.07) is 14.5. The number of hydrogen-bond acceptors (Lipinski definition) is 6. The first-order chi connectivity index (χ1) is 21.0. The minimum Gasteiger partial charge on any atom is -0.365 e. The molecule has 12 heteroatoms. The fourth-order valence-corrected chi connectivity index (χ4v) is 5.96. The maximum atomic E-state index is 13.7. The summed E-state index contributed by atoms with van der Waals surface area (Å²) in [6.45, 7) is 3.50. The number of rotatable bonds is 7. The zero-order chi connectivity index (χ0) is 31.2. The third kappa shape index (κ3) is 5.72. The number of amides is 1. The minimum absolute atomic E-state index is 0.0170. The van der Waals surface area contributed by atoms with E-state index in [-0.39, 0.29) is 23.7 Å². The Morgan fingerprint density at radius 1 is 1.00 bits per heavy atom. The molecule has 0 saturated carbocycles. The Hall–Kier alpha value is -4.84. The second kappa shape index (κ2) is 11.3. The van der Waals surface area contributed by atoms with Crippen LogP contribution in [0.5, 0.6) is 0 Å². The molecule has 1 amide bonds. The number of anilines is 1. The van der Waals surface area contributed by atoms with Crippen molar-refractivity contribution in [1.82, 2.24) is 24.8 Å². The Morgan fingerprint density at radius 2 is 1.82 bits per heavy atom. The van der Waals surface area contributed by atoms with E-state index >= 15 is 0 Å². The number of hydrogen-bond donors (Lipinski definition) is 2. The Kier molecular flexibility index (Phi) is 7.54. The highest BCUT2D eigenvalue weighted by atomic mass is 32.1. The van der Waals surface area contributed by atoms with Crippen LogP contribution in [0.4, 0.5) is 23.4 Å². The van der Waals surface area contributed by atoms with E-state index in [9.17, 15) is 22.4 Å². The van der Waals surface area contributed by atoms with Crippen LogP contribution in [0, 0.1) is 12.7 Å². The van der Waals surface area contributed by atoms with E-state index < -0.39 is 23.7 Å². The first-order valence-corrected chi connectivity index (χ1v) is 14.5. The molecule has 0 saturated heterocycles. The number of alkyl halides is 3. The first kappa shape index (κ1) is 29.2. The Morgan fingerprint density at radius 3 is 2.59 bits per heavy atom. The maximum absolute atomic E-state index is 13.7. The van der Waals surface area contributed by atoms with Crippen molar-refractivity contribution in [2.75, 3.05) is 5.32 Å². The van der Waals surface area contributed by atoms with E-state index in [1.54, 1.807) is 32.4 Å². The quantitative estimate of drug-likeness (QED) is 0.178. The largest absolute Gasteiger partial charge is 0.417 e. The average Bonchev–Trinajstić information content (AvgIpc) is 3.63. The van der Waals surface area contributed by atoms with Crippen molar-refractivity contribution in [2.24, 2.45) is 7.05 Å². The van der Waals surface area contributed by atoms with Gasteiger partial charge in [0.1, 0.15) is 17.2 Å². The lowest BCUT2D eigenvalue weighted by Gasteiger charge is -2.18. The zero-order valence-corrected chi connectivity index (χ0v) is 24.6. The van der Waals surface area contributed by atoms with Crippen LogP contribution in [-0.2, 0) is 19.8 Å². The van der Waals surface area contributed by atoms with Crippen LogP contribution in [0.3, 0.4) is 0 Å². The lowest BCUT2D eigenvalue weighted by atomic mass is 10.0. The Bertz CT molecular complexity index is 2030. The molecule has 1 atom stereocenters. The van der Waals surface area contributed by atoms with Gasteiger partial charge in [0.25, 0.3) is 5.91 Å². The molecule has 6 aromatic rings. The van der Waals surface area contributed by atoms with Crippen molar-refractivity contribution in [1.29, 1.82) is 0 Å². The SMILES string of the molecule is Cc1cc([C@H](C)NC(=O)c2cc(C(F)(F)F)cnc2NCc2ccc(-c3ccc4ncc5ncn(C)c5c4c3)s2)ccc1F. The van der Waals surface area contributed by atoms with Crippen LogP contribution in [0.1, 0.15) is 44.9 Å². The Labute approximate surface area is 253 Å². The molecular formula is C32H26F4N6OS. The molecule has 0 aliphatic heterocycles. The highest BCUT2D eigenvalue weighted by Gasteiger charge is 2.33. The van der Waals surface area contributed by atoms with Gasteiger partial charge in [-0.15, -0.1) is 11.3 Å². The fourth-order valence-electron chi connectivity index (χ4n) is 5.02. The monoisotopic (exact) mass is 618 g/mol. The molecule has 7 nitrogen and oxygen atoms in total. The van der Waals surface area contributed by atoms with Gasteiger partial charge in [0.15, 0.2) is 0 Å². The number of carbonyl (C=O) groups excluding carboxylic acids is 1. The molecule has 224 valence electrons. The number of imidazole rings is 1. The zero-order valence-electron chi connectivity index (χ0n) is 23.8. The van der Waals surface area contributed by atoms with Crippen LogP contribution in [0.2, 0.25) is 0 Å². The van der Waals surface area contributed by atoms with Crippen molar-refractivity contribution < 1.29 is 22.4 Å². The third-order valence-electron chi connectivity index (χ3n) is 7.41. The highest BCUT2D eigenvalue weighted by Crippen LogP contribution is 2.34. The van der Waals surface area contributed by atoms with Gasteiger partial charge in [-0.05, 0) is 66.9 Å². The number of aryl methyl sites for hydroxylation is 2. The van der Waals surface area contributed by atoms with E-state index in [0.29, 0.717) is 17.3 Å². The summed E-state index contributed by atoms with van der Waals surface area (Å²) in [5.41, 5.74) is 3.36. The van der Waals surface area contributed by atoms with Crippen LogP contribution in [0.15, 0.2) is 73.3 Å². The number of thiophene rings is 1. The van der Waals surface area contributed by atoms with Gasteiger partial charge >= 0.3 is 6.18 Å². The second-order valence-electron chi connectivity index (χ2n) is 10.5. The summed E-state index contributed by atoms with van der Waals surface area (Å²) in [4.78, 5) is 28.0. The minimum atomic E-state index is -4.68. The van der Waals surface area contributed by atoms with Gasteiger partial charge < -0.3 is 15.2 Å². The summed E-state index contributed by atoms with van der Waals surface area (Å²) in [5, 5.41) is 6.73. The highest BCUT2D eigenvalue weighted by molar-refractivity contribution is 7.15. The molecule has 0 radical (unpaired) electrons. The van der Waals surface area contributed by atoms with E-state index in [2.05, 4.69) is 31.7 Å². The standard InChI is InChI=1S/C32H26F4N6OS/c1-17-10-19(4-7-25(17)33)18(2)41-31(43)24-12-21(32(34,35)36)13-38-30(24)39-14-22-6-9-28(44-22)20-5-8-26-23(11-20)29-27(15-37-26)40-16-42(29)3/h4-13,15-16,18H,14H2,1-3H3,(H,38,39)(H,41,43)/t18-/m0/s1. The van der Waals surface area contributed by atoms with Crippen molar-refractivity contribution in [3.8, 4) is 10.4 Å². The molecule has 0 aliphatic carbocycles. The van der Waals surface area contributed by atoms with E-state index in [1.807, 2.05) is 35.9 Å². The van der Waals surface area contributed by atoms with Crippen molar-refractivity contribution in [2.45, 2.75) is 32.6 Å². The molecule has 0 bridgehead atoms. The summed E-state index contributed by atoms with van der Waals surface area (Å²) in [6.07, 6.45) is -0.477. The van der Waals surface area contributed by atoms with Crippen LogP contribution >= 0.6 is 11.3 Å². The van der Waals surface area contributed by atoms with Crippen LogP contribution < -0.4 is 10.6 Å². The number of fused-ring (bicyclic) bond motifs is 3. The third-order valence-corrected chi connectivity index (χ3v) is 8.54. The lowest BCUT2D eigenvalue weighted by molar-refractivity contribution is -0.137. The molecule has 44 heavy (non-hydrogen) atoms. The second-order valence-corrected chi connectivity index (χ2v) is 11.7. The summed E-state index contributed by atoms with van der Waals surface area (Å²) in [7, 11) is 1.94. The molecular weight excluding hydrogens is 592 g/mol. The maximum Gasteiger partial charge on any atom is 0.417 e. The van der Waals surface area contributed by atoms with Crippen LogP contribution in [-0.4, -0.2) is 25.4 Å². The van der Waals surface area contributed by atoms with E-state index in [4.69, 9.17) is 0 Å². The van der Waals surface area contributed by atoms with Gasteiger partial charge in [-0.25, -0.2) is 14.4 Å². The lowest BCUT2D eigenvalue weighted by Crippen LogP contribution is -2.28. The van der Waals surface area contributed by atoms with Crippen molar-refractivity contribution >= 4 is 45.0 Å². The normalized spacial score (nSPS) is 12.5. The van der Waals surface area contributed by atoms with Crippen molar-refractivity contribution in [3.63, 3.8) is 0 Å². The number of benzene rings is 2. The summed E-state index contributed by atoms with van der Waals surface area (Å²) >= 11 is 1.51. The topological polar surface area (TPSA) is 84.7 Å². The molecule has 4 heterocycles. The molecule has 0 spiro atoms. The van der Waals surface area contributed by atoms with Gasteiger partial charge in [-0.1, -0.05) is 18.2 Å². The van der Waals surface area contributed by atoms with E-state index in [1.165, 1.54) is 23.5 Å². The molecule has 0 fully saturated rings. The van der Waals surface area contributed by atoms with Gasteiger partial charge in [0.05, 0.1) is 47.3 Å². The number of halogens is 4. The Balaban J connectivity index is 1.24. The van der Waals surface area contributed by atoms with Gasteiger partial charge in [0, 0.05) is 28.4 Å². The average molecular weight is 619 g/mol. The number of aromatic nitrogens is 4. The van der Waals surface area contributed by atoms with Crippen LogP contribution in [0.25, 0.3) is 32.4 Å². The van der Waals surface area contributed by atoms with Crippen molar-refractivity contribution in [3.05, 3.63) is 106 Å². The number of pyridine rings is 2. The molecule has 0 unspecified atom stereocenters.